The Labute approximate surface area is 171 Å². The smallest absolute Gasteiger partial charge is 0.229 e. The van der Waals surface area contributed by atoms with Crippen molar-refractivity contribution in [3.8, 4) is 0 Å². The Hall–Kier alpha value is -0.880. The van der Waals surface area contributed by atoms with E-state index in [-0.39, 0.29) is 43.4 Å². The molecule has 6 aliphatic heterocycles. The van der Waals surface area contributed by atoms with Crippen LogP contribution in [0.1, 0.15) is 19.3 Å². The van der Waals surface area contributed by atoms with Crippen molar-refractivity contribution >= 4 is 5.91 Å². The lowest BCUT2D eigenvalue weighted by molar-refractivity contribution is -0.135. The van der Waals surface area contributed by atoms with Gasteiger partial charge >= 0.3 is 0 Å². The summed E-state index contributed by atoms with van der Waals surface area (Å²) in [6.07, 6.45) is 1.83. The molecular formula is C19H34FN7O2. The van der Waals surface area contributed by atoms with Gasteiger partial charge in [0.05, 0.1) is 36.5 Å². The highest BCUT2D eigenvalue weighted by atomic mass is 19.1. The van der Waals surface area contributed by atoms with Crippen LogP contribution in [0.25, 0.3) is 0 Å². The summed E-state index contributed by atoms with van der Waals surface area (Å²) < 4.78 is 20.2. The summed E-state index contributed by atoms with van der Waals surface area (Å²) >= 11 is 0. The van der Waals surface area contributed by atoms with Crippen LogP contribution in [-0.4, -0.2) is 98.4 Å². The number of alkyl halides is 1. The van der Waals surface area contributed by atoms with Crippen molar-refractivity contribution in [2.24, 2.45) is 17.6 Å². The molecule has 9 nitrogen and oxygen atoms in total. The lowest BCUT2D eigenvalue weighted by atomic mass is 9.85. The number of carbonyl (C=O) groups is 1. The highest BCUT2D eigenvalue weighted by Crippen LogP contribution is 2.31. The number of rotatable bonds is 4. The van der Waals surface area contributed by atoms with E-state index in [1.54, 1.807) is 5.01 Å². The zero-order chi connectivity index (χ0) is 20.0. The molecule has 6 N–H and O–H groups in total. The molecule has 6 fully saturated rings. The van der Waals surface area contributed by atoms with E-state index in [1.807, 2.05) is 0 Å². The van der Waals surface area contributed by atoms with Crippen molar-refractivity contribution in [2.45, 2.75) is 56.0 Å². The molecule has 0 spiro atoms. The van der Waals surface area contributed by atoms with Crippen molar-refractivity contribution in [3.63, 3.8) is 0 Å². The number of hydrazine groups is 1. The number of carbonyl (C=O) groups excluding carboxylic acids is 1. The number of fused-ring (bicyclic) bond motifs is 4. The van der Waals surface area contributed by atoms with E-state index in [4.69, 9.17) is 10.5 Å². The third-order valence-corrected chi connectivity index (χ3v) is 7.32. The molecule has 0 saturated carbocycles. The zero-order valence-electron chi connectivity index (χ0n) is 16.9. The molecule has 7 atom stereocenters. The Morgan fingerprint density at radius 1 is 1.14 bits per heavy atom. The van der Waals surface area contributed by atoms with E-state index < -0.39 is 18.3 Å². The molecule has 0 aromatic carbocycles. The van der Waals surface area contributed by atoms with Crippen molar-refractivity contribution in [1.29, 1.82) is 0 Å². The van der Waals surface area contributed by atoms with Gasteiger partial charge in [0.1, 0.15) is 6.17 Å². The average molecular weight is 412 g/mol. The maximum absolute atomic E-state index is 13.7. The van der Waals surface area contributed by atoms with Crippen LogP contribution in [0.15, 0.2) is 0 Å². The Kier molecular flexibility index (Phi) is 5.76. The van der Waals surface area contributed by atoms with Crippen LogP contribution in [0.2, 0.25) is 0 Å². The van der Waals surface area contributed by atoms with Crippen molar-refractivity contribution in [3.05, 3.63) is 0 Å². The molecule has 0 radical (unpaired) electrons. The Morgan fingerprint density at radius 3 is 2.72 bits per heavy atom. The first kappa shape index (κ1) is 20.0. The summed E-state index contributed by atoms with van der Waals surface area (Å²) in [4.78, 5) is 15.6. The van der Waals surface area contributed by atoms with Gasteiger partial charge in [-0.3, -0.25) is 10.1 Å². The predicted molar refractivity (Wildman–Crippen MR) is 105 cm³/mol. The fourth-order valence-electron chi connectivity index (χ4n) is 5.69. The molecular weight excluding hydrogens is 377 g/mol. The molecule has 6 saturated heterocycles. The van der Waals surface area contributed by atoms with Crippen LogP contribution in [0, 0.1) is 11.8 Å². The number of ether oxygens (including phenoxy) is 1. The molecule has 1 amide bonds. The van der Waals surface area contributed by atoms with E-state index in [0.29, 0.717) is 12.5 Å². The van der Waals surface area contributed by atoms with E-state index >= 15 is 0 Å². The number of hydrogen-bond donors (Lipinski definition) is 5. The van der Waals surface area contributed by atoms with Crippen molar-refractivity contribution in [2.75, 3.05) is 45.8 Å². The van der Waals surface area contributed by atoms with E-state index in [2.05, 4.69) is 26.3 Å². The van der Waals surface area contributed by atoms with Crippen LogP contribution in [0.5, 0.6) is 0 Å². The summed E-state index contributed by atoms with van der Waals surface area (Å²) in [6, 6.07) is -0.0783. The normalized spacial score (nSPS) is 47.7. The summed E-state index contributed by atoms with van der Waals surface area (Å²) in [7, 11) is 0. The second-order valence-corrected chi connectivity index (χ2v) is 9.24. The number of piperidine rings is 4. The SMILES string of the molecule is NC1NN2CC(F)CNC2C1C(=O)NC1CNCCC1OC1CN2CCC1CC2. The zero-order valence-corrected chi connectivity index (χ0v) is 16.9. The molecule has 0 aromatic heterocycles. The predicted octanol–water partition coefficient (Wildman–Crippen LogP) is -2.07. The molecule has 0 aliphatic carbocycles. The van der Waals surface area contributed by atoms with Gasteiger partial charge in [0.2, 0.25) is 5.91 Å². The Balaban J connectivity index is 1.22. The molecule has 2 bridgehead atoms. The van der Waals surface area contributed by atoms with Gasteiger partial charge in [-0.15, -0.1) is 0 Å². The third-order valence-electron chi connectivity index (χ3n) is 7.32. The molecule has 7 unspecified atom stereocenters. The fraction of sp³-hybridized carbons (Fsp3) is 0.947. The first-order valence-corrected chi connectivity index (χ1v) is 11.1. The van der Waals surface area contributed by atoms with E-state index in [9.17, 15) is 9.18 Å². The first-order valence-electron chi connectivity index (χ1n) is 11.1. The van der Waals surface area contributed by atoms with Crippen LogP contribution >= 0.6 is 0 Å². The number of nitrogens with two attached hydrogens (primary N) is 1. The monoisotopic (exact) mass is 411 g/mol. The molecule has 29 heavy (non-hydrogen) atoms. The number of hydrogen-bond acceptors (Lipinski definition) is 8. The van der Waals surface area contributed by atoms with Gasteiger partial charge in [-0.25, -0.2) is 14.8 Å². The Morgan fingerprint density at radius 2 is 1.97 bits per heavy atom. The van der Waals surface area contributed by atoms with E-state index in [1.165, 1.54) is 25.9 Å². The van der Waals surface area contributed by atoms with Crippen molar-refractivity contribution in [1.82, 2.24) is 31.3 Å². The molecule has 164 valence electrons. The summed E-state index contributed by atoms with van der Waals surface area (Å²) in [5.41, 5.74) is 9.23. The van der Waals surface area contributed by atoms with Crippen LogP contribution in [0.4, 0.5) is 4.39 Å². The standard InChI is InChI=1S/C19H34FN7O2/c20-12-7-23-18-16(17(21)25-27(18)9-12)19(28)24-13-8-22-4-1-14(13)29-15-10-26-5-2-11(15)3-6-26/h11-18,22-23,25H,1-10,21H2,(H,24,28). The lowest BCUT2D eigenvalue weighted by Crippen LogP contribution is -2.62. The van der Waals surface area contributed by atoms with Gasteiger partial charge < -0.3 is 26.0 Å². The highest BCUT2D eigenvalue weighted by molar-refractivity contribution is 5.80. The Bertz CT molecular complexity index is 605. The maximum Gasteiger partial charge on any atom is 0.229 e. The number of amides is 1. The van der Waals surface area contributed by atoms with Gasteiger partial charge in [-0.2, -0.15) is 0 Å². The topological polar surface area (TPSA) is 107 Å². The quantitative estimate of drug-likeness (QED) is 0.359. The maximum atomic E-state index is 13.7. The van der Waals surface area contributed by atoms with Gasteiger partial charge in [0, 0.05) is 26.2 Å². The summed E-state index contributed by atoms with van der Waals surface area (Å²) in [6.45, 7) is 5.47. The molecule has 6 aliphatic rings. The van der Waals surface area contributed by atoms with Gasteiger partial charge in [-0.1, -0.05) is 0 Å². The lowest BCUT2D eigenvalue weighted by Gasteiger charge is -2.47. The average Bonchev–Trinajstić information content (AvgIpc) is 3.05. The minimum absolute atomic E-state index is 0.0157. The number of halogens is 1. The van der Waals surface area contributed by atoms with Gasteiger partial charge in [0.15, 0.2) is 0 Å². The molecule has 6 heterocycles. The number of nitrogens with one attached hydrogen (secondary N) is 4. The first-order chi connectivity index (χ1) is 14.1. The third kappa shape index (κ3) is 4.04. The number of nitrogens with zero attached hydrogens (tertiary/aromatic N) is 2. The minimum Gasteiger partial charge on any atom is -0.371 e. The largest absolute Gasteiger partial charge is 0.371 e. The van der Waals surface area contributed by atoms with Crippen LogP contribution < -0.4 is 27.1 Å². The molecule has 0 aromatic rings. The second kappa shape index (κ2) is 8.33. The molecule has 6 rings (SSSR count). The fourth-order valence-corrected chi connectivity index (χ4v) is 5.69. The van der Waals surface area contributed by atoms with E-state index in [0.717, 1.165) is 19.5 Å². The van der Waals surface area contributed by atoms with Crippen LogP contribution in [0.3, 0.4) is 0 Å². The van der Waals surface area contributed by atoms with Gasteiger partial charge in [-0.05, 0) is 44.8 Å². The highest BCUT2D eigenvalue weighted by Gasteiger charge is 2.48. The van der Waals surface area contributed by atoms with Gasteiger partial charge in [0.25, 0.3) is 0 Å². The second-order valence-electron chi connectivity index (χ2n) is 9.24. The minimum atomic E-state index is -0.963. The molecule has 10 heteroatoms. The van der Waals surface area contributed by atoms with Crippen LogP contribution in [-0.2, 0) is 9.53 Å². The van der Waals surface area contributed by atoms with Crippen molar-refractivity contribution < 1.29 is 13.9 Å². The summed E-state index contributed by atoms with van der Waals surface area (Å²) in [5, 5.41) is 11.4. The summed E-state index contributed by atoms with van der Waals surface area (Å²) in [5.74, 6) is 0.0766.